The van der Waals surface area contributed by atoms with Gasteiger partial charge in [0, 0.05) is 5.25 Å². The molecular formula is C16H32S. The van der Waals surface area contributed by atoms with Crippen molar-refractivity contribution in [2.24, 2.45) is 11.8 Å². The first-order chi connectivity index (χ1) is 8.29. The van der Waals surface area contributed by atoms with Crippen molar-refractivity contribution in [3.8, 4) is 0 Å². The topological polar surface area (TPSA) is 0 Å². The van der Waals surface area contributed by atoms with Gasteiger partial charge in [-0.1, -0.05) is 71.6 Å². The minimum absolute atomic E-state index is 0.981. The molecule has 1 rings (SSSR count). The van der Waals surface area contributed by atoms with E-state index in [0.29, 0.717) is 0 Å². The molecule has 0 heterocycles. The van der Waals surface area contributed by atoms with E-state index in [1.165, 1.54) is 64.2 Å². The molecule has 1 heteroatoms. The average molecular weight is 256 g/mol. The number of thioether (sulfide) groups is 1. The first-order valence-electron chi connectivity index (χ1n) is 7.82. The first kappa shape index (κ1) is 15.4. The quantitative estimate of drug-likeness (QED) is 0.438. The lowest BCUT2D eigenvalue weighted by Gasteiger charge is -2.42. The highest BCUT2D eigenvalue weighted by molar-refractivity contribution is 7.99. The van der Waals surface area contributed by atoms with Gasteiger partial charge in [0.25, 0.3) is 0 Å². The molecule has 0 aromatic heterocycles. The van der Waals surface area contributed by atoms with Gasteiger partial charge in [0.05, 0.1) is 0 Å². The fourth-order valence-electron chi connectivity index (χ4n) is 3.07. The largest absolute Gasteiger partial charge is 0.162 e. The second kappa shape index (κ2) is 9.30. The molecule has 0 aliphatic heterocycles. The van der Waals surface area contributed by atoms with Crippen LogP contribution in [-0.4, -0.2) is 11.5 Å². The molecule has 0 amide bonds. The monoisotopic (exact) mass is 256 g/mol. The van der Waals surface area contributed by atoms with Crippen LogP contribution in [0, 0.1) is 11.8 Å². The number of unbranched alkanes of at least 4 members (excludes halogenated alkanes) is 7. The summed E-state index contributed by atoms with van der Waals surface area (Å²) in [7, 11) is 0. The predicted molar refractivity (Wildman–Crippen MR) is 81.8 cm³/mol. The van der Waals surface area contributed by atoms with E-state index in [-0.39, 0.29) is 0 Å². The van der Waals surface area contributed by atoms with Gasteiger partial charge in [0.1, 0.15) is 0 Å². The molecule has 1 aliphatic rings. The minimum atomic E-state index is 0.981. The highest BCUT2D eigenvalue weighted by Gasteiger charge is 2.35. The van der Waals surface area contributed by atoms with Crippen LogP contribution in [0.4, 0.5) is 0 Å². The SMILES string of the molecule is CCCCCCCCCCC1CC(SC)C1C. The van der Waals surface area contributed by atoms with E-state index in [1.807, 2.05) is 0 Å². The van der Waals surface area contributed by atoms with Crippen LogP contribution < -0.4 is 0 Å². The lowest BCUT2D eigenvalue weighted by Crippen LogP contribution is -2.36. The Morgan fingerprint density at radius 3 is 2.06 bits per heavy atom. The van der Waals surface area contributed by atoms with Gasteiger partial charge in [-0.15, -0.1) is 0 Å². The average Bonchev–Trinajstić information content (AvgIpc) is 2.34. The maximum Gasteiger partial charge on any atom is 0.00753 e. The molecule has 0 bridgehead atoms. The van der Waals surface area contributed by atoms with Crippen LogP contribution >= 0.6 is 11.8 Å². The van der Waals surface area contributed by atoms with Gasteiger partial charge >= 0.3 is 0 Å². The van der Waals surface area contributed by atoms with Crippen molar-refractivity contribution in [1.82, 2.24) is 0 Å². The van der Waals surface area contributed by atoms with E-state index in [4.69, 9.17) is 0 Å². The Bertz CT molecular complexity index is 178. The van der Waals surface area contributed by atoms with Gasteiger partial charge in [-0.25, -0.2) is 0 Å². The van der Waals surface area contributed by atoms with Crippen LogP contribution in [-0.2, 0) is 0 Å². The van der Waals surface area contributed by atoms with Crippen molar-refractivity contribution >= 4 is 11.8 Å². The summed E-state index contributed by atoms with van der Waals surface area (Å²) in [6, 6.07) is 0. The Labute approximate surface area is 113 Å². The van der Waals surface area contributed by atoms with Gasteiger partial charge in [-0.2, -0.15) is 11.8 Å². The smallest absolute Gasteiger partial charge is 0.00753 e. The lowest BCUT2D eigenvalue weighted by atomic mass is 9.72. The second-order valence-corrected chi connectivity index (χ2v) is 6.97. The fourth-order valence-corrected chi connectivity index (χ4v) is 4.16. The van der Waals surface area contributed by atoms with E-state index in [0.717, 1.165) is 17.1 Å². The van der Waals surface area contributed by atoms with Crippen molar-refractivity contribution < 1.29 is 0 Å². The maximum atomic E-state index is 2.46. The fraction of sp³-hybridized carbons (Fsp3) is 1.00. The van der Waals surface area contributed by atoms with Crippen LogP contribution in [0.3, 0.4) is 0 Å². The molecule has 102 valence electrons. The van der Waals surface area contributed by atoms with Gasteiger partial charge in [0.15, 0.2) is 0 Å². The zero-order chi connectivity index (χ0) is 12.5. The van der Waals surface area contributed by atoms with Crippen LogP contribution in [0.1, 0.15) is 78.1 Å². The van der Waals surface area contributed by atoms with E-state index < -0.39 is 0 Å². The number of rotatable bonds is 10. The molecule has 0 N–H and O–H groups in total. The zero-order valence-electron chi connectivity index (χ0n) is 12.2. The lowest BCUT2D eigenvalue weighted by molar-refractivity contribution is 0.190. The van der Waals surface area contributed by atoms with Crippen LogP contribution in [0.25, 0.3) is 0 Å². The summed E-state index contributed by atoms with van der Waals surface area (Å²) in [5.41, 5.74) is 0. The molecule has 3 unspecified atom stereocenters. The van der Waals surface area contributed by atoms with Gasteiger partial charge in [0.2, 0.25) is 0 Å². The van der Waals surface area contributed by atoms with E-state index >= 15 is 0 Å². The molecule has 0 nitrogen and oxygen atoms in total. The first-order valence-corrected chi connectivity index (χ1v) is 9.11. The Balaban J connectivity index is 1.82. The van der Waals surface area contributed by atoms with E-state index in [2.05, 4.69) is 31.9 Å². The Hall–Kier alpha value is 0.350. The zero-order valence-corrected chi connectivity index (χ0v) is 13.0. The molecule has 0 spiro atoms. The molecule has 0 aromatic rings. The summed E-state index contributed by atoms with van der Waals surface area (Å²) in [4.78, 5) is 0. The normalized spacial score (nSPS) is 28.1. The minimum Gasteiger partial charge on any atom is -0.162 e. The summed E-state index contributed by atoms with van der Waals surface area (Å²) < 4.78 is 0. The molecule has 17 heavy (non-hydrogen) atoms. The standard InChI is InChI=1S/C16H32S/c1-4-5-6-7-8-9-10-11-12-15-13-16(17-3)14(15)2/h14-16H,4-13H2,1-3H3. The van der Waals surface area contributed by atoms with Crippen molar-refractivity contribution in [2.45, 2.75) is 83.3 Å². The van der Waals surface area contributed by atoms with Gasteiger partial charge in [-0.3, -0.25) is 0 Å². The van der Waals surface area contributed by atoms with E-state index in [9.17, 15) is 0 Å². The van der Waals surface area contributed by atoms with Crippen LogP contribution in [0.5, 0.6) is 0 Å². The van der Waals surface area contributed by atoms with Crippen molar-refractivity contribution in [2.75, 3.05) is 6.26 Å². The highest BCUT2D eigenvalue weighted by Crippen LogP contribution is 2.44. The molecule has 3 atom stereocenters. The second-order valence-electron chi connectivity index (χ2n) is 5.89. The Morgan fingerprint density at radius 1 is 0.941 bits per heavy atom. The summed E-state index contributed by atoms with van der Waals surface area (Å²) in [6.07, 6.45) is 17.0. The summed E-state index contributed by atoms with van der Waals surface area (Å²) in [6.45, 7) is 4.75. The molecule has 1 fully saturated rings. The molecule has 0 radical (unpaired) electrons. The third kappa shape index (κ3) is 5.68. The summed E-state index contributed by atoms with van der Waals surface area (Å²) in [5, 5.41) is 0.981. The molecule has 0 aromatic carbocycles. The van der Waals surface area contributed by atoms with Gasteiger partial charge in [-0.05, 0) is 24.5 Å². The third-order valence-electron chi connectivity index (χ3n) is 4.60. The Kier molecular flexibility index (Phi) is 8.43. The molecule has 1 saturated carbocycles. The molecule has 1 aliphatic carbocycles. The van der Waals surface area contributed by atoms with Crippen LogP contribution in [0.2, 0.25) is 0 Å². The third-order valence-corrected chi connectivity index (χ3v) is 5.82. The summed E-state index contributed by atoms with van der Waals surface area (Å²) in [5.74, 6) is 2.06. The predicted octanol–water partition coefficient (Wildman–Crippen LogP) is 5.90. The summed E-state index contributed by atoms with van der Waals surface area (Å²) >= 11 is 2.08. The van der Waals surface area contributed by atoms with Crippen molar-refractivity contribution in [3.05, 3.63) is 0 Å². The Morgan fingerprint density at radius 2 is 1.53 bits per heavy atom. The molecular weight excluding hydrogens is 224 g/mol. The molecule has 0 saturated heterocycles. The van der Waals surface area contributed by atoms with Crippen molar-refractivity contribution in [3.63, 3.8) is 0 Å². The number of hydrogen-bond acceptors (Lipinski definition) is 1. The maximum absolute atomic E-state index is 2.46. The van der Waals surface area contributed by atoms with Crippen LogP contribution in [0.15, 0.2) is 0 Å². The van der Waals surface area contributed by atoms with Crippen molar-refractivity contribution in [1.29, 1.82) is 0 Å². The number of hydrogen-bond donors (Lipinski definition) is 0. The van der Waals surface area contributed by atoms with E-state index in [1.54, 1.807) is 0 Å². The van der Waals surface area contributed by atoms with Gasteiger partial charge < -0.3 is 0 Å². The highest BCUT2D eigenvalue weighted by atomic mass is 32.2.